The second-order valence-corrected chi connectivity index (χ2v) is 11.3. The molecule has 0 aromatic heterocycles. The Balaban J connectivity index is 1.41. The van der Waals surface area contributed by atoms with Gasteiger partial charge in [0.05, 0.1) is 11.1 Å². The first-order valence-corrected chi connectivity index (χ1v) is 13.5. The SMILES string of the molecule is O=C(c1cc(C(F)(F)F)cc(C(F)(F)F)c1)N1CCC(N2CCC3(CCNCC3)C2)CC1Cc1ccccc1. The van der Waals surface area contributed by atoms with Crippen molar-refractivity contribution in [2.75, 3.05) is 32.7 Å². The van der Waals surface area contributed by atoms with Gasteiger partial charge in [-0.1, -0.05) is 30.3 Å². The van der Waals surface area contributed by atoms with Crippen LogP contribution in [0, 0.1) is 5.41 Å². The molecule has 0 bridgehead atoms. The lowest BCUT2D eigenvalue weighted by atomic mass is 9.78. The van der Waals surface area contributed by atoms with E-state index < -0.39 is 35.0 Å². The fourth-order valence-electron chi connectivity index (χ4n) is 6.60. The Bertz CT molecular complexity index is 1130. The molecule has 212 valence electrons. The monoisotopic (exact) mass is 553 g/mol. The van der Waals surface area contributed by atoms with Crippen LogP contribution in [-0.2, 0) is 18.8 Å². The number of alkyl halides is 6. The fourth-order valence-corrected chi connectivity index (χ4v) is 6.60. The van der Waals surface area contributed by atoms with E-state index in [9.17, 15) is 31.1 Å². The third kappa shape index (κ3) is 6.27. The van der Waals surface area contributed by atoms with Crippen molar-refractivity contribution < 1.29 is 31.1 Å². The number of nitrogens with one attached hydrogen (secondary N) is 1. The molecule has 3 saturated heterocycles. The van der Waals surface area contributed by atoms with Crippen molar-refractivity contribution in [3.63, 3.8) is 0 Å². The molecule has 0 saturated carbocycles. The maximum Gasteiger partial charge on any atom is 0.416 e. The van der Waals surface area contributed by atoms with Gasteiger partial charge in [0.25, 0.3) is 5.91 Å². The highest BCUT2D eigenvalue weighted by Gasteiger charge is 2.44. The molecule has 3 fully saturated rings. The Hall–Kier alpha value is -2.59. The van der Waals surface area contributed by atoms with Crippen LogP contribution < -0.4 is 5.32 Å². The van der Waals surface area contributed by atoms with Gasteiger partial charge in [-0.15, -0.1) is 0 Å². The summed E-state index contributed by atoms with van der Waals surface area (Å²) in [6.07, 6.45) is -4.88. The molecule has 4 nitrogen and oxygen atoms in total. The number of hydrogen-bond acceptors (Lipinski definition) is 3. The summed E-state index contributed by atoms with van der Waals surface area (Å²) in [6.45, 7) is 4.26. The van der Waals surface area contributed by atoms with E-state index in [2.05, 4.69) is 10.2 Å². The zero-order chi connectivity index (χ0) is 27.8. The van der Waals surface area contributed by atoms with Gasteiger partial charge in [-0.3, -0.25) is 9.69 Å². The summed E-state index contributed by atoms with van der Waals surface area (Å²) in [5, 5.41) is 3.42. The zero-order valence-corrected chi connectivity index (χ0v) is 21.6. The summed E-state index contributed by atoms with van der Waals surface area (Å²) >= 11 is 0. The average Bonchev–Trinajstić information content (AvgIpc) is 3.31. The van der Waals surface area contributed by atoms with Gasteiger partial charge in [-0.05, 0) is 87.3 Å². The number of rotatable bonds is 4. The van der Waals surface area contributed by atoms with Gasteiger partial charge in [-0.2, -0.15) is 26.3 Å². The van der Waals surface area contributed by atoms with Crippen LogP contribution in [-0.4, -0.2) is 60.5 Å². The first-order valence-electron chi connectivity index (χ1n) is 13.5. The maximum absolute atomic E-state index is 13.6. The molecular weight excluding hydrogens is 520 g/mol. The quantitative estimate of drug-likeness (QED) is 0.471. The molecule has 1 N–H and O–H groups in total. The zero-order valence-electron chi connectivity index (χ0n) is 21.6. The maximum atomic E-state index is 13.6. The largest absolute Gasteiger partial charge is 0.416 e. The van der Waals surface area contributed by atoms with Crippen LogP contribution >= 0.6 is 0 Å². The summed E-state index contributed by atoms with van der Waals surface area (Å²) in [4.78, 5) is 17.6. The van der Waals surface area contributed by atoms with Gasteiger partial charge >= 0.3 is 12.4 Å². The third-order valence-corrected chi connectivity index (χ3v) is 8.75. The third-order valence-electron chi connectivity index (χ3n) is 8.75. The Morgan fingerprint density at radius 1 is 0.897 bits per heavy atom. The van der Waals surface area contributed by atoms with E-state index in [1.54, 1.807) is 0 Å². The first kappa shape index (κ1) is 28.0. The Morgan fingerprint density at radius 2 is 1.54 bits per heavy atom. The molecule has 1 spiro atoms. The van der Waals surface area contributed by atoms with Crippen molar-refractivity contribution in [3.05, 3.63) is 70.8 Å². The molecule has 3 heterocycles. The van der Waals surface area contributed by atoms with E-state index in [1.807, 2.05) is 30.3 Å². The van der Waals surface area contributed by atoms with Crippen LogP contribution in [0.3, 0.4) is 0 Å². The van der Waals surface area contributed by atoms with Crippen LogP contribution in [0.4, 0.5) is 26.3 Å². The summed E-state index contributed by atoms with van der Waals surface area (Å²) in [5.74, 6) is -0.790. The minimum atomic E-state index is -5.01. The van der Waals surface area contributed by atoms with Crippen molar-refractivity contribution in [1.29, 1.82) is 0 Å². The molecule has 5 rings (SSSR count). The van der Waals surface area contributed by atoms with E-state index in [0.717, 1.165) is 51.0 Å². The number of hydrogen-bond donors (Lipinski definition) is 1. The fraction of sp³-hybridized carbons (Fsp3) is 0.552. The molecule has 2 atom stereocenters. The van der Waals surface area contributed by atoms with E-state index in [1.165, 1.54) is 4.90 Å². The Kier molecular flexibility index (Phi) is 7.72. The molecule has 0 radical (unpaired) electrons. The lowest BCUT2D eigenvalue weighted by Crippen LogP contribution is -2.53. The van der Waals surface area contributed by atoms with Gasteiger partial charge in [-0.25, -0.2) is 0 Å². The number of halogens is 6. The van der Waals surface area contributed by atoms with Crippen LogP contribution in [0.25, 0.3) is 0 Å². The Morgan fingerprint density at radius 3 is 2.15 bits per heavy atom. The summed E-state index contributed by atoms with van der Waals surface area (Å²) in [5.41, 5.74) is -2.25. The number of carbonyl (C=O) groups excluding carboxylic acids is 1. The minimum absolute atomic E-state index is 0.0639. The number of piperidine rings is 2. The number of likely N-dealkylation sites (tertiary alicyclic amines) is 2. The number of carbonyl (C=O) groups is 1. The van der Waals surface area contributed by atoms with Crippen molar-refractivity contribution in [1.82, 2.24) is 15.1 Å². The molecular formula is C29H33F6N3O. The standard InChI is InChI=1S/C29H33F6N3O/c30-28(31,32)22-15-21(16-23(17-22)29(33,34)35)26(39)38-12-6-24(18-25(38)14-20-4-2-1-3-5-20)37-13-9-27(19-37)7-10-36-11-8-27/h1-5,15-17,24-25,36H,6-14,18-19H2. The van der Waals surface area contributed by atoms with Crippen LogP contribution in [0.1, 0.15) is 59.2 Å². The van der Waals surface area contributed by atoms with Crippen molar-refractivity contribution >= 4 is 5.91 Å². The summed E-state index contributed by atoms with van der Waals surface area (Å²) < 4.78 is 80.9. The second-order valence-electron chi connectivity index (χ2n) is 11.3. The van der Waals surface area contributed by atoms with Gasteiger partial charge < -0.3 is 10.2 Å². The summed E-state index contributed by atoms with van der Waals surface area (Å²) in [7, 11) is 0. The predicted molar refractivity (Wildman–Crippen MR) is 135 cm³/mol. The normalized spacial score (nSPS) is 24.3. The summed E-state index contributed by atoms with van der Waals surface area (Å²) in [6, 6.07) is 10.5. The highest BCUT2D eigenvalue weighted by molar-refractivity contribution is 5.95. The van der Waals surface area contributed by atoms with Gasteiger partial charge in [0.1, 0.15) is 0 Å². The molecule has 2 aromatic carbocycles. The van der Waals surface area contributed by atoms with Crippen molar-refractivity contribution in [2.24, 2.45) is 5.41 Å². The lowest BCUT2D eigenvalue weighted by molar-refractivity contribution is -0.143. The van der Waals surface area contributed by atoms with E-state index in [4.69, 9.17) is 0 Å². The van der Waals surface area contributed by atoms with Crippen LogP contribution in [0.15, 0.2) is 48.5 Å². The van der Waals surface area contributed by atoms with Crippen LogP contribution in [0.2, 0.25) is 0 Å². The van der Waals surface area contributed by atoms with E-state index in [0.29, 0.717) is 36.8 Å². The van der Waals surface area contributed by atoms with E-state index in [-0.39, 0.29) is 24.7 Å². The van der Waals surface area contributed by atoms with E-state index >= 15 is 0 Å². The Labute approximate surface area is 224 Å². The molecule has 2 unspecified atom stereocenters. The van der Waals surface area contributed by atoms with Gasteiger partial charge in [0, 0.05) is 30.7 Å². The second kappa shape index (κ2) is 10.8. The minimum Gasteiger partial charge on any atom is -0.335 e. The van der Waals surface area contributed by atoms with Crippen molar-refractivity contribution in [2.45, 2.75) is 63.0 Å². The highest BCUT2D eigenvalue weighted by atomic mass is 19.4. The molecule has 2 aromatic rings. The van der Waals surface area contributed by atoms with Gasteiger partial charge in [0.15, 0.2) is 0 Å². The first-order chi connectivity index (χ1) is 18.4. The predicted octanol–water partition coefficient (Wildman–Crippen LogP) is 6.02. The van der Waals surface area contributed by atoms with Gasteiger partial charge in [0.2, 0.25) is 0 Å². The topological polar surface area (TPSA) is 35.6 Å². The molecule has 39 heavy (non-hydrogen) atoms. The molecule has 3 aliphatic rings. The smallest absolute Gasteiger partial charge is 0.335 e. The molecule has 1 amide bonds. The molecule has 10 heteroatoms. The van der Waals surface area contributed by atoms with Crippen molar-refractivity contribution in [3.8, 4) is 0 Å². The van der Waals surface area contributed by atoms with Crippen LogP contribution in [0.5, 0.6) is 0 Å². The number of amides is 1. The molecule has 0 aliphatic carbocycles. The number of benzene rings is 2. The average molecular weight is 554 g/mol. The molecule has 3 aliphatic heterocycles. The number of nitrogens with zero attached hydrogens (tertiary/aromatic N) is 2. The lowest BCUT2D eigenvalue weighted by Gasteiger charge is -2.43. The highest BCUT2D eigenvalue weighted by Crippen LogP contribution is 2.42.